The SMILES string of the molecule is O=C(CC1CC(F)(F)C1)NC(CCN(CCCCc1ccc2c(n1)NCCC2)CCOc1ccccc1)C(=O)O. The highest BCUT2D eigenvalue weighted by Gasteiger charge is 2.45. The van der Waals surface area contributed by atoms with Crippen LogP contribution >= 0.6 is 0 Å². The number of aryl methyl sites for hydroxylation is 2. The zero-order valence-corrected chi connectivity index (χ0v) is 22.9. The lowest BCUT2D eigenvalue weighted by molar-refractivity contribution is -0.144. The number of unbranched alkanes of at least 4 members (excludes halogenated alkanes) is 1. The van der Waals surface area contributed by atoms with Crippen LogP contribution in [0.3, 0.4) is 0 Å². The van der Waals surface area contributed by atoms with Crippen LogP contribution in [0, 0.1) is 5.92 Å². The number of pyridine rings is 1. The van der Waals surface area contributed by atoms with E-state index in [1.807, 2.05) is 30.3 Å². The number of carbonyl (C=O) groups is 2. The Hall–Kier alpha value is -3.27. The summed E-state index contributed by atoms with van der Waals surface area (Å²) in [6, 6.07) is 12.7. The number of ether oxygens (including phenoxy) is 1. The number of hydrogen-bond acceptors (Lipinski definition) is 6. The molecule has 1 atom stereocenters. The number of benzene rings is 1. The molecule has 10 heteroatoms. The second kappa shape index (κ2) is 14.4. The smallest absolute Gasteiger partial charge is 0.326 e. The Balaban J connectivity index is 1.25. The molecule has 0 spiro atoms. The Bertz CT molecular complexity index is 1110. The lowest BCUT2D eigenvalue weighted by atomic mass is 9.79. The van der Waals surface area contributed by atoms with E-state index in [-0.39, 0.29) is 25.7 Å². The van der Waals surface area contributed by atoms with Crippen molar-refractivity contribution in [2.75, 3.05) is 38.1 Å². The first-order valence-corrected chi connectivity index (χ1v) is 14.3. The maximum Gasteiger partial charge on any atom is 0.326 e. The van der Waals surface area contributed by atoms with Crippen molar-refractivity contribution in [3.63, 3.8) is 0 Å². The van der Waals surface area contributed by atoms with E-state index in [9.17, 15) is 23.5 Å². The van der Waals surface area contributed by atoms with Gasteiger partial charge >= 0.3 is 5.97 Å². The van der Waals surface area contributed by atoms with E-state index in [0.717, 1.165) is 62.5 Å². The van der Waals surface area contributed by atoms with Crippen LogP contribution in [0.25, 0.3) is 0 Å². The van der Waals surface area contributed by atoms with Crippen LogP contribution in [0.2, 0.25) is 0 Å². The number of aromatic nitrogens is 1. The van der Waals surface area contributed by atoms with Crippen LogP contribution in [0.1, 0.15) is 56.2 Å². The molecule has 1 aliphatic carbocycles. The third-order valence-electron chi connectivity index (χ3n) is 7.54. The van der Waals surface area contributed by atoms with E-state index >= 15 is 0 Å². The topological polar surface area (TPSA) is 104 Å². The molecule has 1 aliphatic heterocycles. The summed E-state index contributed by atoms with van der Waals surface area (Å²) in [6.45, 7) is 3.21. The van der Waals surface area contributed by atoms with Gasteiger partial charge in [0.2, 0.25) is 11.8 Å². The highest BCUT2D eigenvalue weighted by molar-refractivity contribution is 5.83. The van der Waals surface area contributed by atoms with E-state index < -0.39 is 29.8 Å². The van der Waals surface area contributed by atoms with E-state index in [0.29, 0.717) is 19.7 Å². The Morgan fingerprint density at radius 1 is 1.12 bits per heavy atom. The van der Waals surface area contributed by atoms with Gasteiger partial charge in [0.25, 0.3) is 0 Å². The molecule has 0 bridgehead atoms. The number of anilines is 1. The minimum atomic E-state index is -2.70. The molecule has 2 heterocycles. The maximum atomic E-state index is 13.1. The number of nitrogens with zero attached hydrogens (tertiary/aromatic N) is 2. The number of carboxylic acid groups (broad SMARTS) is 1. The lowest BCUT2D eigenvalue weighted by Crippen LogP contribution is -2.45. The molecule has 8 nitrogen and oxygen atoms in total. The fourth-order valence-electron chi connectivity index (χ4n) is 5.31. The van der Waals surface area contributed by atoms with E-state index in [2.05, 4.69) is 27.7 Å². The van der Waals surface area contributed by atoms with E-state index in [1.165, 1.54) is 5.56 Å². The molecule has 1 fully saturated rings. The van der Waals surface area contributed by atoms with Gasteiger partial charge in [0, 0.05) is 44.6 Å². The van der Waals surface area contributed by atoms with Crippen LogP contribution in [0.15, 0.2) is 42.5 Å². The van der Waals surface area contributed by atoms with Gasteiger partial charge in [-0.25, -0.2) is 18.6 Å². The fraction of sp³-hybridized carbons (Fsp3) is 0.567. The molecule has 1 amide bonds. The molecule has 4 rings (SSSR count). The number of para-hydroxylation sites is 1. The molecule has 1 saturated carbocycles. The van der Waals surface area contributed by atoms with Crippen LogP contribution < -0.4 is 15.4 Å². The summed E-state index contributed by atoms with van der Waals surface area (Å²) in [5, 5.41) is 15.6. The third kappa shape index (κ3) is 9.43. The minimum Gasteiger partial charge on any atom is -0.492 e. The van der Waals surface area contributed by atoms with Gasteiger partial charge in [-0.15, -0.1) is 0 Å². The second-order valence-electron chi connectivity index (χ2n) is 10.9. The number of amides is 1. The normalized spacial score (nSPS) is 16.9. The largest absolute Gasteiger partial charge is 0.492 e. The zero-order valence-electron chi connectivity index (χ0n) is 22.9. The molecule has 2 aliphatic rings. The Labute approximate surface area is 234 Å². The first kappa shape index (κ1) is 29.7. The molecule has 0 radical (unpaired) electrons. The zero-order chi connectivity index (χ0) is 28.4. The standard InChI is InChI=1S/C30H40F2N4O4/c31-30(32)20-22(21-30)19-27(37)35-26(29(38)39)13-16-36(17-18-40-25-9-2-1-3-10-25)15-5-4-8-24-12-11-23-7-6-14-33-28(23)34-24/h1-3,9-12,22,26H,4-8,13-21H2,(H,33,34)(H,35,37)(H,38,39). The van der Waals surface area contributed by atoms with E-state index in [4.69, 9.17) is 9.72 Å². The third-order valence-corrected chi connectivity index (χ3v) is 7.54. The summed E-state index contributed by atoms with van der Waals surface area (Å²) in [4.78, 5) is 31.1. The highest BCUT2D eigenvalue weighted by Crippen LogP contribution is 2.43. The monoisotopic (exact) mass is 558 g/mol. The van der Waals surface area contributed by atoms with Crippen LogP contribution in [-0.4, -0.2) is 71.6 Å². The first-order valence-electron chi connectivity index (χ1n) is 14.3. The number of nitrogens with one attached hydrogen (secondary N) is 2. The number of fused-ring (bicyclic) bond motifs is 1. The van der Waals surface area contributed by atoms with Gasteiger partial charge in [-0.3, -0.25) is 9.69 Å². The predicted octanol–water partition coefficient (Wildman–Crippen LogP) is 4.54. The van der Waals surface area contributed by atoms with Gasteiger partial charge in [-0.1, -0.05) is 24.3 Å². The summed E-state index contributed by atoms with van der Waals surface area (Å²) in [5.41, 5.74) is 2.33. The molecule has 0 saturated heterocycles. The molecular weight excluding hydrogens is 518 g/mol. The number of hydrogen-bond donors (Lipinski definition) is 3. The maximum absolute atomic E-state index is 13.1. The Morgan fingerprint density at radius 3 is 2.67 bits per heavy atom. The van der Waals surface area contributed by atoms with Crippen molar-refractivity contribution in [3.05, 3.63) is 53.7 Å². The fourth-order valence-corrected chi connectivity index (χ4v) is 5.31. The quantitative estimate of drug-likeness (QED) is 0.260. The van der Waals surface area contributed by atoms with Crippen molar-refractivity contribution in [1.29, 1.82) is 0 Å². The van der Waals surface area contributed by atoms with Gasteiger partial charge in [-0.2, -0.15) is 0 Å². The second-order valence-corrected chi connectivity index (χ2v) is 10.9. The summed E-state index contributed by atoms with van der Waals surface area (Å²) in [5.74, 6) is -2.94. The van der Waals surface area contributed by atoms with Gasteiger partial charge in [0.15, 0.2) is 0 Å². The van der Waals surface area contributed by atoms with Crippen molar-refractivity contribution >= 4 is 17.7 Å². The number of aliphatic carboxylic acids is 1. The summed E-state index contributed by atoms with van der Waals surface area (Å²) in [7, 11) is 0. The van der Waals surface area contributed by atoms with Crippen molar-refractivity contribution in [3.8, 4) is 5.75 Å². The van der Waals surface area contributed by atoms with Crippen molar-refractivity contribution < 1.29 is 28.2 Å². The number of rotatable bonds is 16. The average molecular weight is 559 g/mol. The summed E-state index contributed by atoms with van der Waals surface area (Å²) < 4.78 is 32.0. The molecule has 1 aromatic heterocycles. The van der Waals surface area contributed by atoms with Gasteiger partial charge in [-0.05, 0) is 74.8 Å². The minimum absolute atomic E-state index is 0.0692. The molecule has 40 heavy (non-hydrogen) atoms. The Morgan fingerprint density at radius 2 is 1.93 bits per heavy atom. The number of alkyl halides is 2. The van der Waals surface area contributed by atoms with Crippen molar-refractivity contribution in [2.24, 2.45) is 5.92 Å². The predicted molar refractivity (Wildman–Crippen MR) is 149 cm³/mol. The summed E-state index contributed by atoms with van der Waals surface area (Å²) in [6.07, 6.45) is 4.40. The highest BCUT2D eigenvalue weighted by atomic mass is 19.3. The number of halogens is 2. The Kier molecular flexibility index (Phi) is 10.7. The van der Waals surface area contributed by atoms with Crippen molar-refractivity contribution in [2.45, 2.75) is 69.8 Å². The number of carboxylic acids is 1. The molecule has 1 unspecified atom stereocenters. The molecule has 218 valence electrons. The van der Waals surface area contributed by atoms with Gasteiger partial charge in [0.05, 0.1) is 0 Å². The lowest BCUT2D eigenvalue weighted by Gasteiger charge is -2.34. The average Bonchev–Trinajstić information content (AvgIpc) is 2.92. The molecular formula is C30H40F2N4O4. The molecule has 2 aromatic rings. The van der Waals surface area contributed by atoms with Crippen LogP contribution in [0.4, 0.5) is 14.6 Å². The van der Waals surface area contributed by atoms with E-state index in [1.54, 1.807) is 0 Å². The molecule has 1 aromatic carbocycles. The number of carbonyl (C=O) groups excluding carboxylic acids is 1. The van der Waals surface area contributed by atoms with Crippen molar-refractivity contribution in [1.82, 2.24) is 15.2 Å². The summed E-state index contributed by atoms with van der Waals surface area (Å²) >= 11 is 0. The van der Waals surface area contributed by atoms with Crippen LogP contribution in [0.5, 0.6) is 5.75 Å². The van der Waals surface area contributed by atoms with Crippen LogP contribution in [-0.2, 0) is 22.4 Å². The molecule has 3 N–H and O–H groups in total. The first-order chi connectivity index (χ1) is 19.3. The van der Waals surface area contributed by atoms with Gasteiger partial charge in [0.1, 0.15) is 24.2 Å². The van der Waals surface area contributed by atoms with Gasteiger partial charge < -0.3 is 20.5 Å².